The summed E-state index contributed by atoms with van der Waals surface area (Å²) in [5, 5.41) is 11.0. The molecule has 0 bridgehead atoms. The molecular weight excluding hydrogens is 412 g/mol. The van der Waals surface area contributed by atoms with E-state index in [1.807, 2.05) is 12.1 Å². The minimum absolute atomic E-state index is 0.0433. The lowest BCUT2D eigenvalue weighted by atomic mass is 9.53. The minimum Gasteiger partial charge on any atom is -0.486 e. The summed E-state index contributed by atoms with van der Waals surface area (Å²) in [4.78, 5) is 12.1. The summed E-state index contributed by atoms with van der Waals surface area (Å²) in [7, 11) is 0. The molecule has 4 aliphatic carbocycles. The van der Waals surface area contributed by atoms with Crippen LogP contribution in [0.2, 0.25) is 0 Å². The van der Waals surface area contributed by atoms with Crippen molar-refractivity contribution in [3.63, 3.8) is 0 Å². The number of fused-ring (bicyclic) bond motifs is 5. The minimum atomic E-state index is -0.223. The molecule has 0 amide bonds. The van der Waals surface area contributed by atoms with Crippen molar-refractivity contribution in [2.24, 2.45) is 17.3 Å². The Labute approximate surface area is 197 Å². The highest BCUT2D eigenvalue weighted by Crippen LogP contribution is 2.64. The van der Waals surface area contributed by atoms with Gasteiger partial charge in [0.1, 0.15) is 13.2 Å². The molecule has 4 heteroatoms. The van der Waals surface area contributed by atoms with E-state index in [-0.39, 0.29) is 23.2 Å². The van der Waals surface area contributed by atoms with E-state index in [0.717, 1.165) is 50.0 Å². The first kappa shape index (κ1) is 22.3. The van der Waals surface area contributed by atoms with E-state index in [0.29, 0.717) is 31.5 Å². The normalized spacial score (nSPS) is 34.1. The van der Waals surface area contributed by atoms with Gasteiger partial charge in [-0.15, -0.1) is 12.3 Å². The van der Waals surface area contributed by atoms with Crippen LogP contribution < -0.4 is 9.47 Å². The third kappa shape index (κ3) is 3.71. The molecule has 5 atom stereocenters. The highest BCUT2D eigenvalue weighted by Gasteiger charge is 2.56. The van der Waals surface area contributed by atoms with Crippen molar-refractivity contribution in [2.45, 2.75) is 70.8 Å². The first-order valence-electron chi connectivity index (χ1n) is 12.4. The number of aliphatic hydroxyl groups excluding tert-OH is 1. The SMILES string of the molecule is C#CC.CC12CC(c3ccc4c(c3)OCCO4)C3=C4CCC(=O)C=C4CCC3C1CCC2O. The highest BCUT2D eigenvalue weighted by molar-refractivity contribution is 5.93. The van der Waals surface area contributed by atoms with Crippen molar-refractivity contribution < 1.29 is 19.4 Å². The Balaban J connectivity index is 0.000000724. The summed E-state index contributed by atoms with van der Waals surface area (Å²) in [6, 6.07) is 6.41. The first-order valence-corrected chi connectivity index (χ1v) is 12.4. The van der Waals surface area contributed by atoms with E-state index < -0.39 is 0 Å². The summed E-state index contributed by atoms with van der Waals surface area (Å²) in [5.41, 5.74) is 5.52. The molecule has 1 aliphatic heterocycles. The molecule has 174 valence electrons. The van der Waals surface area contributed by atoms with Gasteiger partial charge in [0.15, 0.2) is 17.3 Å². The van der Waals surface area contributed by atoms with E-state index in [2.05, 4.69) is 31.4 Å². The molecule has 2 saturated carbocycles. The van der Waals surface area contributed by atoms with E-state index in [9.17, 15) is 9.90 Å². The van der Waals surface area contributed by atoms with Crippen LogP contribution in [0.15, 0.2) is 41.0 Å². The van der Waals surface area contributed by atoms with Crippen LogP contribution in [0.5, 0.6) is 11.5 Å². The van der Waals surface area contributed by atoms with Gasteiger partial charge in [0.05, 0.1) is 6.10 Å². The number of terminal acetylenes is 1. The average Bonchev–Trinajstić information content (AvgIpc) is 3.12. The number of ketones is 1. The molecule has 33 heavy (non-hydrogen) atoms. The van der Waals surface area contributed by atoms with E-state index in [4.69, 9.17) is 9.47 Å². The second-order valence-corrected chi connectivity index (χ2v) is 10.4. The lowest BCUT2D eigenvalue weighted by Gasteiger charge is -2.52. The molecule has 1 aromatic rings. The molecular formula is C29H34O4. The number of allylic oxidation sites excluding steroid dienone is 4. The van der Waals surface area contributed by atoms with Crippen molar-refractivity contribution in [1.29, 1.82) is 0 Å². The monoisotopic (exact) mass is 446 g/mol. The van der Waals surface area contributed by atoms with Crippen molar-refractivity contribution in [2.75, 3.05) is 13.2 Å². The number of hydrogen-bond donors (Lipinski definition) is 1. The van der Waals surface area contributed by atoms with Gasteiger partial charge in [0, 0.05) is 12.3 Å². The third-order valence-corrected chi connectivity index (χ3v) is 8.65. The van der Waals surface area contributed by atoms with Crippen LogP contribution in [-0.2, 0) is 4.79 Å². The van der Waals surface area contributed by atoms with Gasteiger partial charge in [0.2, 0.25) is 0 Å². The van der Waals surface area contributed by atoms with E-state index in [1.54, 1.807) is 12.5 Å². The first-order chi connectivity index (χ1) is 16.0. The fourth-order valence-corrected chi connectivity index (χ4v) is 7.21. The maximum absolute atomic E-state index is 12.1. The predicted molar refractivity (Wildman–Crippen MR) is 128 cm³/mol. The summed E-state index contributed by atoms with van der Waals surface area (Å²) >= 11 is 0. The summed E-state index contributed by atoms with van der Waals surface area (Å²) in [6.45, 7) is 5.16. The van der Waals surface area contributed by atoms with Crippen LogP contribution in [0.3, 0.4) is 0 Å². The molecule has 0 saturated heterocycles. The van der Waals surface area contributed by atoms with E-state index >= 15 is 0 Å². The van der Waals surface area contributed by atoms with E-state index in [1.165, 1.54) is 16.7 Å². The Morgan fingerprint density at radius 1 is 1.09 bits per heavy atom. The number of aliphatic hydroxyl groups is 1. The zero-order valence-electron chi connectivity index (χ0n) is 19.7. The number of rotatable bonds is 1. The molecule has 5 unspecified atom stereocenters. The van der Waals surface area contributed by atoms with Crippen molar-refractivity contribution in [3.05, 3.63) is 46.6 Å². The number of carbonyl (C=O) groups excluding carboxylic acids is 1. The average molecular weight is 447 g/mol. The Kier molecular flexibility index (Phi) is 5.87. The maximum Gasteiger partial charge on any atom is 0.161 e. The zero-order chi connectivity index (χ0) is 23.2. The quantitative estimate of drug-likeness (QED) is 0.590. The number of hydrogen-bond acceptors (Lipinski definition) is 4. The fraction of sp³-hybridized carbons (Fsp3) is 0.552. The smallest absolute Gasteiger partial charge is 0.161 e. The molecule has 5 aliphatic rings. The highest BCUT2D eigenvalue weighted by atomic mass is 16.6. The second kappa shape index (κ2) is 8.69. The Morgan fingerprint density at radius 2 is 1.85 bits per heavy atom. The lowest BCUT2D eigenvalue weighted by Crippen LogP contribution is -2.45. The molecule has 2 fully saturated rings. The van der Waals surface area contributed by atoms with Gasteiger partial charge >= 0.3 is 0 Å². The summed E-state index contributed by atoms with van der Waals surface area (Å²) in [5.74, 6) is 5.52. The maximum atomic E-state index is 12.1. The van der Waals surface area contributed by atoms with Gasteiger partial charge in [-0.25, -0.2) is 0 Å². The fourth-order valence-electron chi connectivity index (χ4n) is 7.21. The largest absolute Gasteiger partial charge is 0.486 e. The molecule has 0 spiro atoms. The van der Waals surface area contributed by atoms with Crippen LogP contribution >= 0.6 is 0 Å². The van der Waals surface area contributed by atoms with Gasteiger partial charge in [0.25, 0.3) is 0 Å². The van der Waals surface area contributed by atoms with Crippen LogP contribution in [-0.4, -0.2) is 30.2 Å². The van der Waals surface area contributed by atoms with Crippen LogP contribution in [0, 0.1) is 29.6 Å². The van der Waals surface area contributed by atoms with Gasteiger partial charge in [-0.3, -0.25) is 4.79 Å². The zero-order valence-corrected chi connectivity index (χ0v) is 19.7. The lowest BCUT2D eigenvalue weighted by molar-refractivity contribution is -0.114. The Bertz CT molecular complexity index is 1060. The van der Waals surface area contributed by atoms with Crippen LogP contribution in [0.25, 0.3) is 0 Å². The Morgan fingerprint density at radius 3 is 2.64 bits per heavy atom. The van der Waals surface area contributed by atoms with Gasteiger partial charge in [-0.2, -0.15) is 0 Å². The van der Waals surface area contributed by atoms with Crippen LogP contribution in [0.1, 0.15) is 70.3 Å². The van der Waals surface area contributed by atoms with Gasteiger partial charge in [-0.05, 0) is 97.6 Å². The second-order valence-electron chi connectivity index (χ2n) is 10.4. The molecule has 0 aromatic heterocycles. The summed E-state index contributed by atoms with van der Waals surface area (Å²) < 4.78 is 11.7. The molecule has 0 radical (unpaired) electrons. The molecule has 6 rings (SSSR count). The standard InChI is InChI=1S/C26H30O4.C3H4/c1-26-14-20(16-3-8-22-23(13-16)30-11-10-29-22)25-18-6-4-17(27)12-15(18)2-5-19(25)21(26)7-9-24(26)28;1-3-2/h3,8,12-13,19-21,24,28H,2,4-7,9-11,14H2,1H3;1H,2H3. The topological polar surface area (TPSA) is 55.8 Å². The van der Waals surface area contributed by atoms with Crippen molar-refractivity contribution >= 4 is 5.78 Å². The molecule has 4 nitrogen and oxygen atoms in total. The van der Waals surface area contributed by atoms with Gasteiger partial charge in [-0.1, -0.05) is 18.6 Å². The van der Waals surface area contributed by atoms with Gasteiger partial charge < -0.3 is 14.6 Å². The summed E-state index contributed by atoms with van der Waals surface area (Å²) in [6.07, 6.45) is 12.9. The third-order valence-electron chi connectivity index (χ3n) is 8.65. The predicted octanol–water partition coefficient (Wildman–Crippen LogP) is 5.36. The number of ether oxygens (including phenoxy) is 2. The Hall–Kier alpha value is -2.51. The molecule has 1 aromatic carbocycles. The van der Waals surface area contributed by atoms with Crippen LogP contribution in [0.4, 0.5) is 0 Å². The molecule has 1 N–H and O–H groups in total. The number of benzene rings is 1. The molecule has 1 heterocycles. The van der Waals surface area contributed by atoms with Crippen molar-refractivity contribution in [1.82, 2.24) is 0 Å². The number of carbonyl (C=O) groups is 1. The van der Waals surface area contributed by atoms with Crippen molar-refractivity contribution in [3.8, 4) is 23.8 Å².